The quantitative estimate of drug-likeness (QED) is 0.759. The van der Waals surface area contributed by atoms with Crippen LogP contribution in [0.3, 0.4) is 0 Å². The minimum absolute atomic E-state index is 0.123. The molecule has 0 saturated carbocycles. The number of urea groups is 1. The van der Waals surface area contributed by atoms with Gasteiger partial charge in [-0.25, -0.2) is 4.79 Å². The third-order valence-electron chi connectivity index (χ3n) is 4.52. The fourth-order valence-electron chi connectivity index (χ4n) is 3.15. The summed E-state index contributed by atoms with van der Waals surface area (Å²) >= 11 is 1.66. The van der Waals surface area contributed by atoms with Gasteiger partial charge in [-0.1, -0.05) is 6.07 Å². The van der Waals surface area contributed by atoms with E-state index < -0.39 is 0 Å². The summed E-state index contributed by atoms with van der Waals surface area (Å²) in [6.07, 6.45) is 0. The van der Waals surface area contributed by atoms with Gasteiger partial charge in [-0.2, -0.15) is 11.3 Å². The number of nitrogens with zero attached hydrogens (tertiary/aromatic N) is 1. The Morgan fingerprint density at radius 3 is 2.74 bits per heavy atom. The minimum Gasteiger partial charge on any atom is -0.493 e. The van der Waals surface area contributed by atoms with E-state index in [-0.39, 0.29) is 12.1 Å². The van der Waals surface area contributed by atoms with Crippen LogP contribution in [0, 0.1) is 0 Å². The molecule has 0 radical (unpaired) electrons. The molecule has 2 N–H and O–H groups in total. The maximum atomic E-state index is 12.5. The Hall–Kier alpha value is -2.29. The summed E-state index contributed by atoms with van der Waals surface area (Å²) in [5, 5.41) is 10.0. The van der Waals surface area contributed by atoms with Gasteiger partial charge in [0, 0.05) is 19.6 Å². The fraction of sp³-hybridized carbons (Fsp3) is 0.421. The monoisotopic (exact) mass is 391 g/mol. The number of amides is 2. The average Bonchev–Trinajstić information content (AvgIpc) is 3.23. The van der Waals surface area contributed by atoms with Gasteiger partial charge in [-0.05, 0) is 34.5 Å². The molecule has 0 unspecified atom stereocenters. The number of methoxy groups -OCH3 is 2. The topological polar surface area (TPSA) is 72.1 Å². The van der Waals surface area contributed by atoms with E-state index in [4.69, 9.17) is 14.2 Å². The lowest BCUT2D eigenvalue weighted by molar-refractivity contribution is 0.0168. The normalized spacial score (nSPS) is 15.8. The maximum absolute atomic E-state index is 12.5. The summed E-state index contributed by atoms with van der Waals surface area (Å²) in [5.41, 5.74) is 1.77. The van der Waals surface area contributed by atoms with Crippen LogP contribution < -0.4 is 20.1 Å². The molecule has 0 bridgehead atoms. The molecule has 1 aromatic carbocycles. The molecule has 8 heteroatoms. The Balaban J connectivity index is 1.64. The molecular weight excluding hydrogens is 366 g/mol. The van der Waals surface area contributed by atoms with Crippen LogP contribution >= 0.6 is 11.3 Å². The van der Waals surface area contributed by atoms with Gasteiger partial charge in [-0.3, -0.25) is 4.90 Å². The van der Waals surface area contributed by atoms with E-state index in [1.54, 1.807) is 43.8 Å². The van der Waals surface area contributed by atoms with Crippen LogP contribution in [0.2, 0.25) is 0 Å². The third kappa shape index (κ3) is 4.91. The van der Waals surface area contributed by atoms with Crippen molar-refractivity contribution in [3.8, 4) is 11.5 Å². The van der Waals surface area contributed by atoms with Gasteiger partial charge in [0.15, 0.2) is 11.5 Å². The summed E-state index contributed by atoms with van der Waals surface area (Å²) in [4.78, 5) is 14.8. The van der Waals surface area contributed by atoms with Crippen molar-refractivity contribution in [2.45, 2.75) is 6.04 Å². The van der Waals surface area contributed by atoms with E-state index in [0.29, 0.717) is 36.9 Å². The van der Waals surface area contributed by atoms with Crippen molar-refractivity contribution < 1.29 is 19.0 Å². The van der Waals surface area contributed by atoms with Crippen LogP contribution in [0.25, 0.3) is 0 Å². The van der Waals surface area contributed by atoms with E-state index in [2.05, 4.69) is 32.4 Å². The molecule has 1 aliphatic heterocycles. The largest absolute Gasteiger partial charge is 0.493 e. The molecule has 1 aliphatic rings. The van der Waals surface area contributed by atoms with Gasteiger partial charge < -0.3 is 24.8 Å². The minimum atomic E-state index is -0.282. The smallest absolute Gasteiger partial charge is 0.319 e. The van der Waals surface area contributed by atoms with Crippen LogP contribution in [-0.2, 0) is 4.74 Å². The van der Waals surface area contributed by atoms with Crippen molar-refractivity contribution in [1.82, 2.24) is 10.2 Å². The van der Waals surface area contributed by atoms with Gasteiger partial charge in [0.1, 0.15) is 0 Å². The molecule has 3 rings (SSSR count). The van der Waals surface area contributed by atoms with Crippen LogP contribution in [0.4, 0.5) is 10.5 Å². The molecule has 2 amide bonds. The summed E-state index contributed by atoms with van der Waals surface area (Å²) in [6.45, 7) is 3.65. The van der Waals surface area contributed by atoms with E-state index in [9.17, 15) is 4.79 Å². The van der Waals surface area contributed by atoms with E-state index >= 15 is 0 Å². The molecular formula is C19H25N3O4S. The van der Waals surface area contributed by atoms with Crippen molar-refractivity contribution in [2.75, 3.05) is 52.4 Å². The first kappa shape index (κ1) is 19.5. The molecule has 1 saturated heterocycles. The van der Waals surface area contributed by atoms with Gasteiger partial charge >= 0.3 is 6.03 Å². The van der Waals surface area contributed by atoms with E-state index in [1.165, 1.54) is 5.56 Å². The summed E-state index contributed by atoms with van der Waals surface area (Å²) in [6, 6.07) is 7.31. The molecule has 27 heavy (non-hydrogen) atoms. The number of thiophene rings is 1. The second-order valence-electron chi connectivity index (χ2n) is 6.10. The average molecular weight is 391 g/mol. The number of ether oxygens (including phenoxy) is 3. The van der Waals surface area contributed by atoms with E-state index in [1.807, 2.05) is 0 Å². The lowest BCUT2D eigenvalue weighted by Crippen LogP contribution is -2.44. The molecule has 146 valence electrons. The SMILES string of the molecule is COc1cccc(NC(=O)NC[C@@H](c2ccsc2)N2CCOCC2)c1OC. The maximum Gasteiger partial charge on any atom is 0.319 e. The Morgan fingerprint density at radius 1 is 1.26 bits per heavy atom. The Kier molecular flexibility index (Phi) is 6.92. The zero-order chi connectivity index (χ0) is 19.1. The molecule has 2 heterocycles. The van der Waals surface area contributed by atoms with Crippen molar-refractivity contribution in [1.29, 1.82) is 0 Å². The van der Waals surface area contributed by atoms with Crippen molar-refractivity contribution in [3.63, 3.8) is 0 Å². The number of morpholine rings is 1. The number of hydrogen-bond donors (Lipinski definition) is 2. The van der Waals surface area contributed by atoms with Crippen molar-refractivity contribution in [2.24, 2.45) is 0 Å². The zero-order valence-corrected chi connectivity index (χ0v) is 16.4. The lowest BCUT2D eigenvalue weighted by Gasteiger charge is -2.34. The van der Waals surface area contributed by atoms with Gasteiger partial charge in [-0.15, -0.1) is 0 Å². The highest BCUT2D eigenvalue weighted by Gasteiger charge is 2.23. The predicted octanol–water partition coefficient (Wildman–Crippen LogP) is 2.96. The van der Waals surface area contributed by atoms with Crippen molar-refractivity contribution >= 4 is 23.1 Å². The Bertz CT molecular complexity index is 733. The van der Waals surface area contributed by atoms with Crippen molar-refractivity contribution in [3.05, 3.63) is 40.6 Å². The first-order chi connectivity index (χ1) is 13.2. The molecule has 1 aromatic heterocycles. The number of benzene rings is 1. The van der Waals surface area contributed by atoms with Crippen LogP contribution in [0.1, 0.15) is 11.6 Å². The molecule has 7 nitrogen and oxygen atoms in total. The highest BCUT2D eigenvalue weighted by atomic mass is 32.1. The van der Waals surface area contributed by atoms with E-state index in [0.717, 1.165) is 13.1 Å². The lowest BCUT2D eigenvalue weighted by atomic mass is 10.1. The number of para-hydroxylation sites is 1. The number of carbonyl (C=O) groups is 1. The molecule has 0 aliphatic carbocycles. The van der Waals surface area contributed by atoms with Gasteiger partial charge in [0.05, 0.1) is 39.2 Å². The predicted molar refractivity (Wildman–Crippen MR) is 106 cm³/mol. The highest BCUT2D eigenvalue weighted by molar-refractivity contribution is 7.07. The number of rotatable bonds is 7. The summed E-state index contributed by atoms with van der Waals surface area (Å²) in [5.74, 6) is 1.07. The second kappa shape index (κ2) is 9.59. The summed E-state index contributed by atoms with van der Waals surface area (Å²) < 4.78 is 16.1. The molecule has 1 atom stereocenters. The van der Waals surface area contributed by atoms with Gasteiger partial charge in [0.25, 0.3) is 0 Å². The number of hydrogen-bond acceptors (Lipinski definition) is 6. The zero-order valence-electron chi connectivity index (χ0n) is 15.6. The third-order valence-corrected chi connectivity index (χ3v) is 5.22. The highest BCUT2D eigenvalue weighted by Crippen LogP contribution is 2.34. The molecule has 2 aromatic rings. The standard InChI is InChI=1S/C19H25N3O4S/c1-24-17-5-3-4-15(18(17)25-2)21-19(23)20-12-16(14-6-11-27-13-14)22-7-9-26-10-8-22/h3-6,11,13,16H,7-10,12H2,1-2H3,(H2,20,21,23)/t16-/m0/s1. The first-order valence-electron chi connectivity index (χ1n) is 8.82. The Morgan fingerprint density at radius 2 is 2.07 bits per heavy atom. The molecule has 0 spiro atoms. The second-order valence-corrected chi connectivity index (χ2v) is 6.88. The van der Waals surface area contributed by atoms with Crippen LogP contribution in [0.15, 0.2) is 35.0 Å². The number of anilines is 1. The van der Waals surface area contributed by atoms with Gasteiger partial charge in [0.2, 0.25) is 0 Å². The number of nitrogens with one attached hydrogen (secondary N) is 2. The molecule has 1 fully saturated rings. The van der Waals surface area contributed by atoms with Crippen LogP contribution in [-0.4, -0.2) is 58.0 Å². The summed E-state index contributed by atoms with van der Waals surface area (Å²) in [7, 11) is 3.11. The fourth-order valence-corrected chi connectivity index (χ4v) is 3.86. The number of carbonyl (C=O) groups excluding carboxylic acids is 1. The first-order valence-corrected chi connectivity index (χ1v) is 9.77. The Labute approximate surface area is 163 Å². The van der Waals surface area contributed by atoms with Crippen LogP contribution in [0.5, 0.6) is 11.5 Å².